The van der Waals surface area contributed by atoms with Crippen LogP contribution in [0.4, 0.5) is 5.69 Å². The molecule has 98 valence electrons. The van der Waals surface area contributed by atoms with E-state index in [0.29, 0.717) is 22.4 Å². The number of nitrogens with two attached hydrogens (primary N) is 1. The van der Waals surface area contributed by atoms with Gasteiger partial charge >= 0.3 is 0 Å². The molecule has 5 nitrogen and oxygen atoms in total. The van der Waals surface area contributed by atoms with E-state index in [4.69, 9.17) is 16.3 Å². The van der Waals surface area contributed by atoms with Crippen molar-refractivity contribution in [2.45, 2.75) is 26.3 Å². The predicted octanol–water partition coefficient (Wildman–Crippen LogP) is 1.82. The van der Waals surface area contributed by atoms with E-state index in [2.05, 4.69) is 0 Å². The van der Waals surface area contributed by atoms with Crippen molar-refractivity contribution in [1.29, 1.82) is 10.5 Å². The van der Waals surface area contributed by atoms with Crippen LogP contribution in [0.5, 0.6) is 0 Å². The number of nitriles is 2. The molecule has 0 saturated carbocycles. The van der Waals surface area contributed by atoms with Gasteiger partial charge in [0.25, 0.3) is 5.91 Å². The van der Waals surface area contributed by atoms with Crippen molar-refractivity contribution in [2.24, 2.45) is 0 Å². The smallest absolute Gasteiger partial charge is 0.256 e. The maximum Gasteiger partial charge on any atom is 0.256 e. The summed E-state index contributed by atoms with van der Waals surface area (Å²) in [6.07, 6.45) is 0.249. The highest BCUT2D eigenvalue weighted by Crippen LogP contribution is 2.21. The molecular formula is C14H16N4O. The van der Waals surface area contributed by atoms with Gasteiger partial charge < -0.3 is 10.6 Å². The Morgan fingerprint density at radius 1 is 1.47 bits per heavy atom. The molecule has 0 aliphatic carbocycles. The van der Waals surface area contributed by atoms with E-state index < -0.39 is 0 Å². The number of hydrogen-bond acceptors (Lipinski definition) is 4. The lowest BCUT2D eigenvalue weighted by Gasteiger charge is -2.24. The Bertz CT molecular complexity index is 580. The Hall–Kier alpha value is -2.53. The van der Waals surface area contributed by atoms with Gasteiger partial charge in [0.15, 0.2) is 0 Å². The van der Waals surface area contributed by atoms with Crippen LogP contribution in [0.15, 0.2) is 12.1 Å². The lowest BCUT2D eigenvalue weighted by molar-refractivity contribution is 0.0747. The average Bonchev–Trinajstić information content (AvgIpc) is 2.40. The molecule has 0 aliphatic rings. The summed E-state index contributed by atoms with van der Waals surface area (Å²) in [6.45, 7) is 3.55. The standard InChI is InChI=1S/C14H16N4O/c1-9-6-11(8-16)7-12(13(9)17)14(19)18(3)10(2)4-5-15/h6-7,10H,4,17H2,1-3H3. The van der Waals surface area contributed by atoms with Crippen LogP contribution in [0.3, 0.4) is 0 Å². The highest BCUT2D eigenvalue weighted by Gasteiger charge is 2.20. The van der Waals surface area contributed by atoms with Gasteiger partial charge in [-0.15, -0.1) is 0 Å². The first kappa shape index (κ1) is 14.5. The number of amides is 1. The van der Waals surface area contributed by atoms with Crippen molar-refractivity contribution in [3.05, 3.63) is 28.8 Å². The number of carbonyl (C=O) groups excluding carboxylic acids is 1. The molecule has 1 atom stereocenters. The fourth-order valence-electron chi connectivity index (χ4n) is 1.70. The lowest BCUT2D eigenvalue weighted by atomic mass is 10.0. The Morgan fingerprint density at radius 3 is 2.63 bits per heavy atom. The quantitative estimate of drug-likeness (QED) is 0.834. The predicted molar refractivity (Wildman–Crippen MR) is 72.1 cm³/mol. The van der Waals surface area contributed by atoms with Gasteiger partial charge in [-0.2, -0.15) is 10.5 Å². The summed E-state index contributed by atoms with van der Waals surface area (Å²) in [5.74, 6) is -0.277. The molecule has 0 aliphatic heterocycles. The van der Waals surface area contributed by atoms with Crippen LogP contribution in [-0.4, -0.2) is 23.9 Å². The second-order valence-electron chi connectivity index (χ2n) is 4.49. The summed E-state index contributed by atoms with van der Waals surface area (Å²) in [6, 6.07) is 6.96. The van der Waals surface area contributed by atoms with Crippen LogP contribution in [0.1, 0.15) is 34.8 Å². The summed E-state index contributed by atoms with van der Waals surface area (Å²) >= 11 is 0. The minimum Gasteiger partial charge on any atom is -0.398 e. The van der Waals surface area contributed by atoms with E-state index in [0.717, 1.165) is 0 Å². The molecule has 0 bridgehead atoms. The van der Waals surface area contributed by atoms with Gasteiger partial charge in [0.05, 0.1) is 29.7 Å². The fourth-order valence-corrected chi connectivity index (χ4v) is 1.70. The second-order valence-corrected chi connectivity index (χ2v) is 4.49. The maximum atomic E-state index is 12.3. The zero-order valence-electron chi connectivity index (χ0n) is 11.3. The number of anilines is 1. The normalized spacial score (nSPS) is 11.2. The zero-order valence-corrected chi connectivity index (χ0v) is 11.3. The van der Waals surface area contributed by atoms with E-state index in [1.165, 1.54) is 11.0 Å². The summed E-state index contributed by atoms with van der Waals surface area (Å²) in [5, 5.41) is 17.6. The summed E-state index contributed by atoms with van der Waals surface area (Å²) in [4.78, 5) is 13.8. The molecule has 1 rings (SSSR count). The van der Waals surface area contributed by atoms with Crippen LogP contribution in [-0.2, 0) is 0 Å². The lowest BCUT2D eigenvalue weighted by Crippen LogP contribution is -2.35. The van der Waals surface area contributed by atoms with Crippen molar-refractivity contribution in [3.8, 4) is 12.1 Å². The topological polar surface area (TPSA) is 93.9 Å². The summed E-state index contributed by atoms with van der Waals surface area (Å²) in [5.41, 5.74) is 7.68. The van der Waals surface area contributed by atoms with Gasteiger partial charge in [-0.3, -0.25) is 4.79 Å². The molecule has 0 spiro atoms. The Labute approximate surface area is 112 Å². The molecule has 2 N–H and O–H groups in total. The molecular weight excluding hydrogens is 240 g/mol. The second kappa shape index (κ2) is 5.88. The van der Waals surface area contributed by atoms with Gasteiger partial charge in [0, 0.05) is 18.8 Å². The molecule has 1 aromatic rings. The van der Waals surface area contributed by atoms with Gasteiger partial charge in [-0.1, -0.05) is 0 Å². The summed E-state index contributed by atoms with van der Waals surface area (Å²) < 4.78 is 0. The minimum atomic E-state index is -0.277. The number of hydrogen-bond donors (Lipinski definition) is 1. The van der Waals surface area contributed by atoms with E-state index >= 15 is 0 Å². The molecule has 1 aromatic carbocycles. The molecule has 5 heteroatoms. The Morgan fingerprint density at radius 2 is 2.11 bits per heavy atom. The van der Waals surface area contributed by atoms with Crippen LogP contribution in [0.2, 0.25) is 0 Å². The minimum absolute atomic E-state index is 0.206. The fraction of sp³-hybridized carbons (Fsp3) is 0.357. The number of benzene rings is 1. The van der Waals surface area contributed by atoms with E-state index in [1.54, 1.807) is 27.0 Å². The van der Waals surface area contributed by atoms with Crippen molar-refractivity contribution < 1.29 is 4.79 Å². The first-order valence-corrected chi connectivity index (χ1v) is 5.86. The first-order chi connectivity index (χ1) is 8.92. The molecule has 0 saturated heterocycles. The average molecular weight is 256 g/mol. The monoisotopic (exact) mass is 256 g/mol. The number of carbonyl (C=O) groups is 1. The third kappa shape index (κ3) is 3.02. The summed E-state index contributed by atoms with van der Waals surface area (Å²) in [7, 11) is 1.62. The number of nitrogen functional groups attached to an aromatic ring is 1. The van der Waals surface area contributed by atoms with Crippen molar-refractivity contribution >= 4 is 11.6 Å². The molecule has 19 heavy (non-hydrogen) atoms. The van der Waals surface area contributed by atoms with Crippen LogP contribution in [0.25, 0.3) is 0 Å². The number of aryl methyl sites for hydroxylation is 1. The highest BCUT2D eigenvalue weighted by molar-refractivity contribution is 6.00. The van der Waals surface area contributed by atoms with E-state index in [-0.39, 0.29) is 18.4 Å². The van der Waals surface area contributed by atoms with Crippen LogP contribution < -0.4 is 5.73 Å². The van der Waals surface area contributed by atoms with Crippen LogP contribution >= 0.6 is 0 Å². The number of rotatable bonds is 3. The molecule has 1 unspecified atom stereocenters. The maximum absolute atomic E-state index is 12.3. The van der Waals surface area contributed by atoms with E-state index in [1.807, 2.05) is 12.1 Å². The van der Waals surface area contributed by atoms with Gasteiger partial charge in [-0.25, -0.2) is 0 Å². The highest BCUT2D eigenvalue weighted by atomic mass is 16.2. The SMILES string of the molecule is Cc1cc(C#N)cc(C(=O)N(C)C(C)CC#N)c1N. The number of nitrogens with zero attached hydrogens (tertiary/aromatic N) is 3. The largest absolute Gasteiger partial charge is 0.398 e. The molecule has 0 fully saturated rings. The molecule has 1 amide bonds. The Balaban J connectivity index is 3.17. The van der Waals surface area contributed by atoms with E-state index in [9.17, 15) is 4.79 Å². The van der Waals surface area contributed by atoms with Crippen molar-refractivity contribution in [1.82, 2.24) is 4.90 Å². The van der Waals surface area contributed by atoms with Gasteiger partial charge in [0.1, 0.15) is 0 Å². The third-order valence-corrected chi connectivity index (χ3v) is 3.11. The molecule has 0 aromatic heterocycles. The third-order valence-electron chi connectivity index (χ3n) is 3.11. The molecule has 0 heterocycles. The van der Waals surface area contributed by atoms with Crippen LogP contribution in [0, 0.1) is 29.6 Å². The zero-order chi connectivity index (χ0) is 14.6. The van der Waals surface area contributed by atoms with Crippen molar-refractivity contribution in [3.63, 3.8) is 0 Å². The van der Waals surface area contributed by atoms with Gasteiger partial charge in [0.2, 0.25) is 0 Å². The van der Waals surface area contributed by atoms with Crippen molar-refractivity contribution in [2.75, 3.05) is 12.8 Å². The molecule has 0 radical (unpaired) electrons. The first-order valence-electron chi connectivity index (χ1n) is 5.86. The van der Waals surface area contributed by atoms with Gasteiger partial charge in [-0.05, 0) is 31.5 Å². The Kier molecular flexibility index (Phi) is 4.50.